The quantitative estimate of drug-likeness (QED) is 0.478. The SMILES string of the molecule is COc1cc(OC)cc(-c2nnc(S[C@H](C)c3nc4ccccc4c(=O)[nH]3)o2)c1. The van der Waals surface area contributed by atoms with Crippen LogP contribution in [0.15, 0.2) is 56.9 Å². The number of nitrogens with one attached hydrogen (secondary N) is 1. The number of benzene rings is 2. The van der Waals surface area contributed by atoms with Gasteiger partial charge in [0.05, 0.1) is 30.4 Å². The molecule has 2 aromatic carbocycles. The third-order valence-electron chi connectivity index (χ3n) is 4.30. The van der Waals surface area contributed by atoms with Crippen molar-refractivity contribution in [1.29, 1.82) is 0 Å². The molecule has 4 aromatic rings. The zero-order valence-electron chi connectivity index (χ0n) is 16.0. The first-order valence-corrected chi connectivity index (χ1v) is 9.68. The van der Waals surface area contributed by atoms with E-state index in [0.29, 0.717) is 44.9 Å². The summed E-state index contributed by atoms with van der Waals surface area (Å²) in [4.78, 5) is 19.7. The van der Waals surface area contributed by atoms with Gasteiger partial charge in [-0.05, 0) is 31.2 Å². The van der Waals surface area contributed by atoms with Gasteiger partial charge in [0.2, 0.25) is 5.89 Å². The highest BCUT2D eigenvalue weighted by Crippen LogP contribution is 2.35. The molecule has 0 fully saturated rings. The summed E-state index contributed by atoms with van der Waals surface area (Å²) in [7, 11) is 3.15. The van der Waals surface area contributed by atoms with E-state index < -0.39 is 0 Å². The molecule has 0 unspecified atom stereocenters. The smallest absolute Gasteiger partial charge is 0.277 e. The van der Waals surface area contributed by atoms with E-state index in [4.69, 9.17) is 13.9 Å². The largest absolute Gasteiger partial charge is 0.497 e. The van der Waals surface area contributed by atoms with Crippen molar-refractivity contribution in [2.45, 2.75) is 17.4 Å². The summed E-state index contributed by atoms with van der Waals surface area (Å²) in [5.41, 5.74) is 1.16. The van der Waals surface area contributed by atoms with Crippen LogP contribution >= 0.6 is 11.8 Å². The molecule has 148 valence electrons. The number of para-hydroxylation sites is 1. The van der Waals surface area contributed by atoms with Gasteiger partial charge in [0.15, 0.2) is 0 Å². The number of aromatic amines is 1. The summed E-state index contributed by atoms with van der Waals surface area (Å²) in [5, 5.41) is 8.94. The second kappa shape index (κ2) is 7.96. The van der Waals surface area contributed by atoms with E-state index in [1.54, 1.807) is 38.5 Å². The molecule has 0 bridgehead atoms. The van der Waals surface area contributed by atoms with Crippen LogP contribution in [0.25, 0.3) is 22.4 Å². The molecule has 0 amide bonds. The number of fused-ring (bicyclic) bond motifs is 1. The molecule has 0 aliphatic rings. The van der Waals surface area contributed by atoms with Gasteiger partial charge in [-0.25, -0.2) is 4.98 Å². The van der Waals surface area contributed by atoms with Gasteiger partial charge in [0.25, 0.3) is 10.8 Å². The van der Waals surface area contributed by atoms with Crippen molar-refractivity contribution < 1.29 is 13.9 Å². The molecule has 0 saturated carbocycles. The molecule has 0 saturated heterocycles. The number of ether oxygens (including phenoxy) is 2. The van der Waals surface area contributed by atoms with Crippen molar-refractivity contribution in [1.82, 2.24) is 20.2 Å². The second-order valence-electron chi connectivity index (χ2n) is 6.20. The summed E-state index contributed by atoms with van der Waals surface area (Å²) >= 11 is 1.31. The van der Waals surface area contributed by atoms with Crippen LogP contribution in [-0.2, 0) is 0 Å². The van der Waals surface area contributed by atoms with Crippen molar-refractivity contribution in [2.24, 2.45) is 0 Å². The van der Waals surface area contributed by atoms with E-state index >= 15 is 0 Å². The Balaban J connectivity index is 1.59. The third kappa shape index (κ3) is 3.95. The minimum atomic E-state index is -0.194. The molecule has 0 spiro atoms. The lowest BCUT2D eigenvalue weighted by Gasteiger charge is -2.08. The third-order valence-corrected chi connectivity index (χ3v) is 5.24. The van der Waals surface area contributed by atoms with Crippen LogP contribution in [0.5, 0.6) is 11.5 Å². The highest BCUT2D eigenvalue weighted by molar-refractivity contribution is 7.99. The first kappa shape index (κ1) is 19.0. The minimum absolute atomic E-state index is 0.173. The summed E-state index contributed by atoms with van der Waals surface area (Å²) in [6.45, 7) is 1.91. The van der Waals surface area contributed by atoms with Gasteiger partial charge >= 0.3 is 0 Å². The van der Waals surface area contributed by atoms with Crippen LogP contribution in [0.1, 0.15) is 18.0 Å². The molecule has 0 radical (unpaired) electrons. The Kier molecular flexibility index (Phi) is 5.22. The van der Waals surface area contributed by atoms with E-state index in [0.717, 1.165) is 0 Å². The van der Waals surface area contributed by atoms with E-state index in [9.17, 15) is 4.79 Å². The second-order valence-corrected chi connectivity index (χ2v) is 7.49. The molecule has 1 N–H and O–H groups in total. The molecule has 0 aliphatic heterocycles. The van der Waals surface area contributed by atoms with E-state index in [1.165, 1.54) is 11.8 Å². The van der Waals surface area contributed by atoms with E-state index in [2.05, 4.69) is 20.2 Å². The predicted octanol–water partition coefficient (Wildman–Crippen LogP) is 3.84. The maximum Gasteiger partial charge on any atom is 0.277 e. The fourth-order valence-electron chi connectivity index (χ4n) is 2.81. The van der Waals surface area contributed by atoms with Gasteiger partial charge in [0.1, 0.15) is 17.3 Å². The molecule has 29 heavy (non-hydrogen) atoms. The Labute approximate surface area is 170 Å². The van der Waals surface area contributed by atoms with Crippen molar-refractivity contribution in [3.63, 3.8) is 0 Å². The topological polar surface area (TPSA) is 103 Å². The first-order valence-electron chi connectivity index (χ1n) is 8.80. The van der Waals surface area contributed by atoms with Gasteiger partial charge in [-0.15, -0.1) is 10.2 Å². The van der Waals surface area contributed by atoms with E-state index in [1.807, 2.05) is 25.1 Å². The summed E-state index contributed by atoms with van der Waals surface area (Å²) < 4.78 is 16.3. The monoisotopic (exact) mass is 410 g/mol. The summed E-state index contributed by atoms with van der Waals surface area (Å²) in [6.07, 6.45) is 0. The Hall–Kier alpha value is -3.33. The maximum absolute atomic E-state index is 12.3. The average Bonchev–Trinajstić information content (AvgIpc) is 3.21. The van der Waals surface area contributed by atoms with Crippen LogP contribution in [0, 0.1) is 0 Å². The molecule has 2 aromatic heterocycles. The Bertz CT molecular complexity index is 1200. The molecular formula is C20H18N4O4S. The van der Waals surface area contributed by atoms with E-state index in [-0.39, 0.29) is 10.8 Å². The lowest BCUT2D eigenvalue weighted by molar-refractivity contribution is 0.394. The maximum atomic E-state index is 12.3. The zero-order chi connectivity index (χ0) is 20.4. The Morgan fingerprint density at radius 1 is 1.07 bits per heavy atom. The van der Waals surface area contributed by atoms with Gasteiger partial charge < -0.3 is 18.9 Å². The number of aromatic nitrogens is 4. The fraction of sp³-hybridized carbons (Fsp3) is 0.200. The molecule has 4 rings (SSSR count). The lowest BCUT2D eigenvalue weighted by atomic mass is 10.2. The zero-order valence-corrected chi connectivity index (χ0v) is 16.8. The first-order chi connectivity index (χ1) is 14.1. The van der Waals surface area contributed by atoms with Crippen LogP contribution < -0.4 is 15.0 Å². The molecule has 0 aliphatic carbocycles. The van der Waals surface area contributed by atoms with Crippen molar-refractivity contribution >= 4 is 22.7 Å². The number of H-pyrrole nitrogens is 1. The highest BCUT2D eigenvalue weighted by atomic mass is 32.2. The molecule has 1 atom stereocenters. The van der Waals surface area contributed by atoms with Crippen molar-refractivity contribution in [3.05, 3.63) is 58.6 Å². The van der Waals surface area contributed by atoms with Gasteiger partial charge in [-0.2, -0.15) is 0 Å². The standard InChI is InChI=1S/C20H18N4O4S/c1-11(17-21-16-7-5-4-6-15(16)18(25)22-17)29-20-24-23-19(28-20)12-8-13(26-2)10-14(9-12)27-3/h4-11H,1-3H3,(H,21,22,25)/t11-/m1/s1. The molecule has 9 heteroatoms. The molecule has 8 nitrogen and oxygen atoms in total. The van der Waals surface area contributed by atoms with Crippen LogP contribution in [0.2, 0.25) is 0 Å². The van der Waals surface area contributed by atoms with Crippen molar-refractivity contribution in [3.8, 4) is 23.0 Å². The normalized spacial score (nSPS) is 12.1. The molecular weight excluding hydrogens is 392 g/mol. The van der Waals surface area contributed by atoms with Gasteiger partial charge in [0, 0.05) is 11.6 Å². The van der Waals surface area contributed by atoms with Crippen LogP contribution in [0.4, 0.5) is 0 Å². The van der Waals surface area contributed by atoms with Crippen LogP contribution in [0.3, 0.4) is 0 Å². The Morgan fingerprint density at radius 3 is 2.52 bits per heavy atom. The number of thioether (sulfide) groups is 1. The number of methoxy groups -OCH3 is 2. The van der Waals surface area contributed by atoms with Crippen LogP contribution in [-0.4, -0.2) is 34.4 Å². The number of nitrogens with zero attached hydrogens (tertiary/aromatic N) is 3. The van der Waals surface area contributed by atoms with Gasteiger partial charge in [-0.3, -0.25) is 4.79 Å². The van der Waals surface area contributed by atoms with Crippen molar-refractivity contribution in [2.75, 3.05) is 14.2 Å². The molecule has 2 heterocycles. The lowest BCUT2D eigenvalue weighted by Crippen LogP contribution is -2.12. The number of hydrogen-bond acceptors (Lipinski definition) is 8. The van der Waals surface area contributed by atoms with Gasteiger partial charge in [-0.1, -0.05) is 23.9 Å². The number of rotatable bonds is 6. The Morgan fingerprint density at radius 2 is 1.79 bits per heavy atom. The predicted molar refractivity (Wildman–Crippen MR) is 109 cm³/mol. The number of hydrogen-bond donors (Lipinski definition) is 1. The average molecular weight is 410 g/mol. The highest BCUT2D eigenvalue weighted by Gasteiger charge is 2.18. The fourth-order valence-corrected chi connectivity index (χ4v) is 3.55. The summed E-state index contributed by atoms with van der Waals surface area (Å²) in [6, 6.07) is 12.6. The summed E-state index contributed by atoms with van der Waals surface area (Å²) in [5.74, 6) is 2.13. The minimum Gasteiger partial charge on any atom is -0.497 e.